The van der Waals surface area contributed by atoms with Crippen LogP contribution in [0, 0.1) is 0 Å². The number of rotatable bonds is 5. The monoisotopic (exact) mass is 544 g/mol. The van der Waals surface area contributed by atoms with Crippen LogP contribution in [0.1, 0.15) is 37.6 Å². The van der Waals surface area contributed by atoms with Gasteiger partial charge in [-0.2, -0.15) is 5.10 Å². The summed E-state index contributed by atoms with van der Waals surface area (Å²) in [5.41, 5.74) is 1.08. The molecule has 4 rings (SSSR count). The van der Waals surface area contributed by atoms with E-state index in [-0.39, 0.29) is 35.4 Å². The molecular weight excluding hydrogens is 515 g/mol. The highest BCUT2D eigenvalue weighted by atomic mass is 127. The van der Waals surface area contributed by atoms with Gasteiger partial charge in [-0.3, -0.25) is 4.99 Å². The number of hydrogen-bond acceptors (Lipinski definition) is 4. The molecule has 0 saturated carbocycles. The summed E-state index contributed by atoms with van der Waals surface area (Å²) in [5.74, 6) is 1.91. The molecule has 164 valence electrons. The van der Waals surface area contributed by atoms with Crippen LogP contribution in [-0.4, -0.2) is 53.1 Å². The van der Waals surface area contributed by atoms with Gasteiger partial charge in [0.15, 0.2) is 5.96 Å². The van der Waals surface area contributed by atoms with Gasteiger partial charge >= 0.3 is 0 Å². The summed E-state index contributed by atoms with van der Waals surface area (Å²) < 4.78 is 7.63. The number of aromatic nitrogens is 3. The van der Waals surface area contributed by atoms with E-state index in [0.29, 0.717) is 6.54 Å². The van der Waals surface area contributed by atoms with Gasteiger partial charge in [-0.1, -0.05) is 29.8 Å². The predicted molar refractivity (Wildman–Crippen MR) is 130 cm³/mol. The molecule has 2 aromatic rings. The topological polar surface area (TPSA) is 76.4 Å². The zero-order valence-electron chi connectivity index (χ0n) is 17.3. The molecule has 1 fully saturated rings. The van der Waals surface area contributed by atoms with Crippen molar-refractivity contribution in [2.24, 2.45) is 4.99 Å². The first-order valence-electron chi connectivity index (χ1n) is 10.4. The Hall–Kier alpha value is -1.39. The minimum atomic E-state index is -0.0927. The Morgan fingerprint density at radius 2 is 2.13 bits per heavy atom. The van der Waals surface area contributed by atoms with Crippen LogP contribution in [0.25, 0.3) is 0 Å². The lowest BCUT2D eigenvalue weighted by Gasteiger charge is -2.37. The Kier molecular flexibility index (Phi) is 8.35. The Morgan fingerprint density at radius 3 is 2.90 bits per heavy atom. The summed E-state index contributed by atoms with van der Waals surface area (Å²) in [6, 6.07) is 8.43. The normalized spacial score (nSPS) is 20.7. The van der Waals surface area contributed by atoms with Crippen molar-refractivity contribution in [1.29, 1.82) is 0 Å². The third-order valence-electron chi connectivity index (χ3n) is 5.93. The lowest BCUT2D eigenvalue weighted by molar-refractivity contribution is 0.0531. The van der Waals surface area contributed by atoms with Crippen molar-refractivity contribution in [3.05, 3.63) is 47.0 Å². The van der Waals surface area contributed by atoms with Crippen LogP contribution in [0.5, 0.6) is 0 Å². The van der Waals surface area contributed by atoms with E-state index in [1.54, 1.807) is 6.33 Å². The standard InChI is InChI=1S/C21H29ClN6O.HI/c1-2-23-20(27-16-7-8-19-25-15-26-28(19)13-16)24-14-21(9-11-29-12-10-21)17-5-3-4-6-18(17)22;/h3-6,15-16H,2,7-14H2,1H3,(H2,23,24,27);1H. The van der Waals surface area contributed by atoms with Crippen molar-refractivity contribution >= 4 is 41.5 Å². The largest absolute Gasteiger partial charge is 0.381 e. The number of halogens is 2. The molecule has 1 aromatic heterocycles. The number of aliphatic imine (C=N–C) groups is 1. The third-order valence-corrected chi connectivity index (χ3v) is 6.26. The molecule has 1 saturated heterocycles. The van der Waals surface area contributed by atoms with Crippen molar-refractivity contribution in [3.63, 3.8) is 0 Å². The lowest BCUT2D eigenvalue weighted by Crippen LogP contribution is -2.48. The van der Waals surface area contributed by atoms with Gasteiger partial charge in [-0.25, -0.2) is 9.67 Å². The Labute approximate surface area is 200 Å². The average molecular weight is 545 g/mol. The van der Waals surface area contributed by atoms with Gasteiger partial charge in [0, 0.05) is 42.7 Å². The Morgan fingerprint density at radius 1 is 1.33 bits per heavy atom. The smallest absolute Gasteiger partial charge is 0.191 e. The molecule has 1 unspecified atom stereocenters. The third kappa shape index (κ3) is 5.26. The van der Waals surface area contributed by atoms with Crippen LogP contribution in [0.3, 0.4) is 0 Å². The van der Waals surface area contributed by atoms with E-state index in [2.05, 4.69) is 39.8 Å². The fraction of sp³-hybridized carbons (Fsp3) is 0.571. The Balaban J connectivity index is 0.00000256. The molecule has 3 heterocycles. The first-order chi connectivity index (χ1) is 14.2. The number of hydrogen-bond donors (Lipinski definition) is 2. The van der Waals surface area contributed by atoms with E-state index < -0.39 is 0 Å². The molecule has 1 aromatic carbocycles. The highest BCUT2D eigenvalue weighted by molar-refractivity contribution is 14.0. The summed E-state index contributed by atoms with van der Waals surface area (Å²) in [7, 11) is 0. The van der Waals surface area contributed by atoms with Crippen LogP contribution < -0.4 is 10.6 Å². The first-order valence-corrected chi connectivity index (χ1v) is 10.8. The molecule has 0 radical (unpaired) electrons. The van der Waals surface area contributed by atoms with Gasteiger partial charge in [-0.15, -0.1) is 24.0 Å². The van der Waals surface area contributed by atoms with Gasteiger partial charge in [0.2, 0.25) is 0 Å². The molecule has 0 aliphatic carbocycles. The number of ether oxygens (including phenoxy) is 1. The van der Waals surface area contributed by atoms with Crippen molar-refractivity contribution in [2.75, 3.05) is 26.3 Å². The van der Waals surface area contributed by atoms with Crippen LogP contribution in [-0.2, 0) is 23.1 Å². The van der Waals surface area contributed by atoms with Gasteiger partial charge in [0.05, 0.1) is 13.1 Å². The second-order valence-corrected chi connectivity index (χ2v) is 8.21. The molecule has 1 atom stereocenters. The maximum absolute atomic E-state index is 6.58. The fourth-order valence-electron chi connectivity index (χ4n) is 4.27. The van der Waals surface area contributed by atoms with E-state index >= 15 is 0 Å². The number of fused-ring (bicyclic) bond motifs is 1. The van der Waals surface area contributed by atoms with Gasteiger partial charge in [-0.05, 0) is 37.8 Å². The summed E-state index contributed by atoms with van der Waals surface area (Å²) in [4.78, 5) is 9.31. The number of aryl methyl sites for hydroxylation is 1. The van der Waals surface area contributed by atoms with Gasteiger partial charge < -0.3 is 15.4 Å². The second kappa shape index (κ2) is 10.8. The summed E-state index contributed by atoms with van der Waals surface area (Å²) in [6.07, 6.45) is 5.43. The Bertz CT molecular complexity index is 852. The maximum Gasteiger partial charge on any atom is 0.191 e. The number of guanidine groups is 1. The van der Waals surface area contributed by atoms with E-state index in [0.717, 1.165) is 68.8 Å². The number of nitrogens with zero attached hydrogens (tertiary/aromatic N) is 4. The highest BCUT2D eigenvalue weighted by Gasteiger charge is 2.36. The first kappa shape index (κ1) is 23.3. The zero-order valence-corrected chi connectivity index (χ0v) is 20.4. The SMILES string of the molecule is CCNC(=NCC1(c2ccccc2Cl)CCOCC1)NC1CCc2ncnn2C1.I. The molecule has 30 heavy (non-hydrogen) atoms. The summed E-state index contributed by atoms with van der Waals surface area (Å²) in [5, 5.41) is 12.1. The van der Waals surface area contributed by atoms with E-state index in [9.17, 15) is 0 Å². The molecule has 2 aliphatic rings. The van der Waals surface area contributed by atoms with Crippen LogP contribution in [0.15, 0.2) is 35.6 Å². The molecular formula is C21H30ClIN6O. The molecule has 2 aliphatic heterocycles. The van der Waals surface area contributed by atoms with E-state index in [1.165, 1.54) is 5.56 Å². The summed E-state index contributed by atoms with van der Waals surface area (Å²) >= 11 is 6.58. The number of nitrogens with one attached hydrogen (secondary N) is 2. The summed E-state index contributed by atoms with van der Waals surface area (Å²) in [6.45, 7) is 5.87. The second-order valence-electron chi connectivity index (χ2n) is 7.81. The van der Waals surface area contributed by atoms with Crippen molar-refractivity contribution in [1.82, 2.24) is 25.4 Å². The van der Waals surface area contributed by atoms with Gasteiger partial charge in [0.1, 0.15) is 12.2 Å². The predicted octanol–water partition coefficient (Wildman–Crippen LogP) is 3.17. The minimum absolute atomic E-state index is 0. The fourth-order valence-corrected chi connectivity index (χ4v) is 4.60. The van der Waals surface area contributed by atoms with Crippen molar-refractivity contribution in [3.8, 4) is 0 Å². The van der Waals surface area contributed by atoms with Gasteiger partial charge in [0.25, 0.3) is 0 Å². The van der Waals surface area contributed by atoms with Crippen LogP contribution in [0.4, 0.5) is 0 Å². The molecule has 0 amide bonds. The zero-order chi connectivity index (χ0) is 20.1. The molecule has 7 nitrogen and oxygen atoms in total. The molecule has 9 heteroatoms. The molecule has 0 spiro atoms. The van der Waals surface area contributed by atoms with Crippen LogP contribution >= 0.6 is 35.6 Å². The lowest BCUT2D eigenvalue weighted by atomic mass is 9.74. The quantitative estimate of drug-likeness (QED) is 0.344. The molecule has 0 bridgehead atoms. The average Bonchev–Trinajstić information content (AvgIpc) is 3.21. The van der Waals surface area contributed by atoms with Crippen molar-refractivity contribution < 1.29 is 4.74 Å². The van der Waals surface area contributed by atoms with Crippen molar-refractivity contribution in [2.45, 2.75) is 50.6 Å². The minimum Gasteiger partial charge on any atom is -0.381 e. The van der Waals surface area contributed by atoms with E-state index in [1.807, 2.05) is 16.8 Å². The number of benzene rings is 1. The van der Waals surface area contributed by atoms with E-state index in [4.69, 9.17) is 21.3 Å². The maximum atomic E-state index is 6.58. The van der Waals surface area contributed by atoms with Crippen LogP contribution in [0.2, 0.25) is 5.02 Å². The highest BCUT2D eigenvalue weighted by Crippen LogP contribution is 2.38. The molecule has 2 N–H and O–H groups in total.